The van der Waals surface area contributed by atoms with Gasteiger partial charge in [0.05, 0.1) is 17.8 Å². The molecule has 1 unspecified atom stereocenters. The second kappa shape index (κ2) is 8.18. The summed E-state index contributed by atoms with van der Waals surface area (Å²) in [6, 6.07) is 16.6. The highest BCUT2D eigenvalue weighted by Gasteiger charge is 2.52. The zero-order valence-corrected chi connectivity index (χ0v) is 17.0. The molecule has 1 saturated heterocycles. The summed E-state index contributed by atoms with van der Waals surface area (Å²) in [5.74, 6) is 0.463. The van der Waals surface area contributed by atoms with Gasteiger partial charge in [0.2, 0.25) is 11.8 Å². The second-order valence-electron chi connectivity index (χ2n) is 7.68. The van der Waals surface area contributed by atoms with Gasteiger partial charge in [-0.05, 0) is 37.6 Å². The van der Waals surface area contributed by atoms with E-state index in [-0.39, 0.29) is 30.7 Å². The Kier molecular flexibility index (Phi) is 5.44. The Morgan fingerprint density at radius 1 is 1.10 bits per heavy atom. The van der Waals surface area contributed by atoms with Crippen LogP contribution in [0.1, 0.15) is 36.5 Å². The normalized spacial score (nSPS) is 20.0. The Morgan fingerprint density at radius 2 is 1.83 bits per heavy atom. The lowest BCUT2D eigenvalue weighted by atomic mass is 9.98. The number of hydrogen-bond donors (Lipinski definition) is 1. The van der Waals surface area contributed by atoms with Gasteiger partial charge >= 0.3 is 0 Å². The third-order valence-electron chi connectivity index (χ3n) is 5.74. The van der Waals surface area contributed by atoms with E-state index in [1.165, 1.54) is 0 Å². The van der Waals surface area contributed by atoms with Crippen LogP contribution < -0.4 is 15.0 Å². The van der Waals surface area contributed by atoms with Crippen molar-refractivity contribution in [3.63, 3.8) is 0 Å². The Balaban J connectivity index is 1.36. The molecule has 2 aliphatic heterocycles. The average molecular weight is 407 g/mol. The zero-order chi connectivity index (χ0) is 21.1. The van der Waals surface area contributed by atoms with E-state index in [4.69, 9.17) is 4.74 Å². The first-order chi connectivity index (χ1) is 14.5. The molecule has 2 aliphatic rings. The van der Waals surface area contributed by atoms with Crippen molar-refractivity contribution in [1.82, 2.24) is 10.2 Å². The summed E-state index contributed by atoms with van der Waals surface area (Å²) in [4.78, 5) is 41.4. The highest BCUT2D eigenvalue weighted by Crippen LogP contribution is 2.43. The molecule has 0 spiro atoms. The number of ether oxygens (including phenoxy) is 1. The minimum atomic E-state index is -0.737. The van der Waals surface area contributed by atoms with Crippen LogP contribution in [0.25, 0.3) is 0 Å². The van der Waals surface area contributed by atoms with E-state index in [0.717, 1.165) is 5.75 Å². The molecule has 0 bridgehead atoms. The quantitative estimate of drug-likeness (QED) is 0.716. The molecule has 0 saturated carbocycles. The maximum Gasteiger partial charge on any atom is 0.257 e. The third-order valence-corrected chi connectivity index (χ3v) is 5.74. The minimum Gasteiger partial charge on any atom is -0.492 e. The molecule has 0 aromatic heterocycles. The summed E-state index contributed by atoms with van der Waals surface area (Å²) in [5.41, 5.74) is 0.423. The van der Waals surface area contributed by atoms with Gasteiger partial charge in [-0.1, -0.05) is 30.3 Å². The highest BCUT2D eigenvalue weighted by atomic mass is 16.5. The number of hydrogen-bond acceptors (Lipinski definition) is 4. The van der Waals surface area contributed by atoms with E-state index in [9.17, 15) is 14.4 Å². The van der Waals surface area contributed by atoms with Crippen LogP contribution in [0, 0.1) is 0 Å². The first-order valence-electron chi connectivity index (χ1n) is 10.2. The molecule has 2 aromatic rings. The molecule has 0 aliphatic carbocycles. The molecule has 156 valence electrons. The summed E-state index contributed by atoms with van der Waals surface area (Å²) < 4.78 is 5.57. The number of anilines is 1. The van der Waals surface area contributed by atoms with E-state index in [0.29, 0.717) is 37.2 Å². The van der Waals surface area contributed by atoms with E-state index < -0.39 is 5.66 Å². The van der Waals surface area contributed by atoms with E-state index in [1.54, 1.807) is 21.9 Å². The number of nitrogens with zero attached hydrogens (tertiary/aromatic N) is 2. The number of carbonyl (C=O) groups is 3. The first kappa shape index (κ1) is 19.9. The molecule has 3 amide bonds. The molecule has 7 heteroatoms. The highest BCUT2D eigenvalue weighted by molar-refractivity contribution is 6.10. The lowest BCUT2D eigenvalue weighted by molar-refractivity contribution is -0.121. The first-order valence-corrected chi connectivity index (χ1v) is 10.2. The van der Waals surface area contributed by atoms with Gasteiger partial charge in [0, 0.05) is 19.4 Å². The molecular formula is C23H25N3O4. The number of amides is 3. The SMILES string of the molecule is CC12CCC(=O)N1c1ccccc1C(=O)N2CCC(=O)NCCOc1ccccc1. The zero-order valence-electron chi connectivity index (χ0n) is 17.0. The van der Waals surface area contributed by atoms with Crippen molar-refractivity contribution in [3.8, 4) is 5.75 Å². The topological polar surface area (TPSA) is 79.0 Å². The van der Waals surface area contributed by atoms with Crippen LogP contribution in [0.15, 0.2) is 54.6 Å². The van der Waals surface area contributed by atoms with Gasteiger partial charge in [0.1, 0.15) is 18.0 Å². The Labute approximate surface area is 175 Å². The average Bonchev–Trinajstić information content (AvgIpc) is 3.07. The van der Waals surface area contributed by atoms with Crippen molar-refractivity contribution in [1.29, 1.82) is 0 Å². The number of para-hydroxylation sites is 2. The van der Waals surface area contributed by atoms with Crippen LogP contribution in [0.5, 0.6) is 5.75 Å². The maximum absolute atomic E-state index is 13.1. The summed E-state index contributed by atoms with van der Waals surface area (Å²) in [5, 5.41) is 2.83. The summed E-state index contributed by atoms with van der Waals surface area (Å²) >= 11 is 0. The van der Waals surface area contributed by atoms with Crippen molar-refractivity contribution in [2.45, 2.75) is 31.8 Å². The number of rotatable bonds is 7. The van der Waals surface area contributed by atoms with Crippen molar-refractivity contribution in [2.75, 3.05) is 24.6 Å². The monoisotopic (exact) mass is 407 g/mol. The lowest BCUT2D eigenvalue weighted by Gasteiger charge is -2.48. The Hall–Kier alpha value is -3.35. The lowest BCUT2D eigenvalue weighted by Crippen LogP contribution is -2.62. The number of fused-ring (bicyclic) bond motifs is 3. The molecule has 1 N–H and O–H groups in total. The number of benzene rings is 2. The minimum absolute atomic E-state index is 0.00459. The molecule has 1 atom stereocenters. The van der Waals surface area contributed by atoms with Crippen molar-refractivity contribution < 1.29 is 19.1 Å². The van der Waals surface area contributed by atoms with E-state index in [1.807, 2.05) is 49.4 Å². The van der Waals surface area contributed by atoms with Gasteiger partial charge in [-0.15, -0.1) is 0 Å². The van der Waals surface area contributed by atoms with Gasteiger partial charge in [0.15, 0.2) is 0 Å². The molecule has 0 radical (unpaired) electrons. The standard InChI is InChI=1S/C23H25N3O4/c1-23-13-11-21(28)26(23)19-10-6-5-9-18(19)22(29)25(23)15-12-20(27)24-14-16-30-17-7-3-2-4-8-17/h2-10H,11-16H2,1H3,(H,24,27). The summed E-state index contributed by atoms with van der Waals surface area (Å²) in [7, 11) is 0. The smallest absolute Gasteiger partial charge is 0.257 e. The molecule has 2 heterocycles. The number of carbonyl (C=O) groups excluding carboxylic acids is 3. The fourth-order valence-corrected chi connectivity index (χ4v) is 4.22. The summed E-state index contributed by atoms with van der Waals surface area (Å²) in [6.07, 6.45) is 1.10. The van der Waals surface area contributed by atoms with Crippen molar-refractivity contribution >= 4 is 23.4 Å². The van der Waals surface area contributed by atoms with Crippen LogP contribution >= 0.6 is 0 Å². The summed E-state index contributed by atoms with van der Waals surface area (Å²) in [6.45, 7) is 2.90. The van der Waals surface area contributed by atoms with Crippen LogP contribution in [0.4, 0.5) is 5.69 Å². The van der Waals surface area contributed by atoms with Crippen LogP contribution in [0.2, 0.25) is 0 Å². The molecule has 7 nitrogen and oxygen atoms in total. The van der Waals surface area contributed by atoms with Crippen LogP contribution in [-0.2, 0) is 9.59 Å². The fourth-order valence-electron chi connectivity index (χ4n) is 4.22. The van der Waals surface area contributed by atoms with Gasteiger partial charge in [-0.2, -0.15) is 0 Å². The van der Waals surface area contributed by atoms with Gasteiger partial charge in [0.25, 0.3) is 5.91 Å². The van der Waals surface area contributed by atoms with Gasteiger partial charge in [-0.25, -0.2) is 0 Å². The predicted octanol–water partition coefficient (Wildman–Crippen LogP) is 2.57. The molecule has 30 heavy (non-hydrogen) atoms. The predicted molar refractivity (Wildman–Crippen MR) is 112 cm³/mol. The third kappa shape index (κ3) is 3.63. The molecule has 1 fully saturated rings. The van der Waals surface area contributed by atoms with Crippen molar-refractivity contribution in [2.24, 2.45) is 0 Å². The van der Waals surface area contributed by atoms with E-state index in [2.05, 4.69) is 5.32 Å². The van der Waals surface area contributed by atoms with Crippen LogP contribution in [0.3, 0.4) is 0 Å². The van der Waals surface area contributed by atoms with Crippen LogP contribution in [-0.4, -0.2) is 48.0 Å². The molecule has 2 aromatic carbocycles. The Morgan fingerprint density at radius 3 is 2.63 bits per heavy atom. The van der Waals surface area contributed by atoms with E-state index >= 15 is 0 Å². The van der Waals surface area contributed by atoms with Gasteiger partial charge < -0.3 is 15.0 Å². The molecule has 4 rings (SSSR count). The maximum atomic E-state index is 13.1. The Bertz CT molecular complexity index is 962. The van der Waals surface area contributed by atoms with Gasteiger partial charge in [-0.3, -0.25) is 19.3 Å². The largest absolute Gasteiger partial charge is 0.492 e. The van der Waals surface area contributed by atoms with Crippen molar-refractivity contribution in [3.05, 3.63) is 60.2 Å². The fraction of sp³-hybridized carbons (Fsp3) is 0.348. The second-order valence-corrected chi connectivity index (χ2v) is 7.68. The number of nitrogens with one attached hydrogen (secondary N) is 1. The molecular weight excluding hydrogens is 382 g/mol.